The summed E-state index contributed by atoms with van der Waals surface area (Å²) in [4.78, 5) is 27.2. The third-order valence-corrected chi connectivity index (χ3v) is 3.65. The molecule has 0 aliphatic carbocycles. The number of rotatable bonds is 5. The van der Waals surface area contributed by atoms with Gasteiger partial charge in [-0.05, 0) is 24.1 Å². The third kappa shape index (κ3) is 3.47. The molecule has 2 heterocycles. The highest BCUT2D eigenvalue weighted by molar-refractivity contribution is 5.92. The van der Waals surface area contributed by atoms with Crippen molar-refractivity contribution in [2.75, 3.05) is 7.05 Å². The fourth-order valence-electron chi connectivity index (χ4n) is 2.40. The molecule has 0 radical (unpaired) electrons. The van der Waals surface area contributed by atoms with E-state index in [1.165, 1.54) is 0 Å². The van der Waals surface area contributed by atoms with Gasteiger partial charge in [-0.1, -0.05) is 26.8 Å². The Labute approximate surface area is 131 Å². The highest BCUT2D eigenvalue weighted by Crippen LogP contribution is 2.23. The van der Waals surface area contributed by atoms with Crippen molar-refractivity contribution in [3.8, 4) is 0 Å². The van der Waals surface area contributed by atoms with Gasteiger partial charge in [0.05, 0.1) is 6.04 Å². The van der Waals surface area contributed by atoms with Crippen LogP contribution in [0.25, 0.3) is 0 Å². The van der Waals surface area contributed by atoms with Gasteiger partial charge in [0, 0.05) is 31.6 Å². The Morgan fingerprint density at radius 1 is 1.27 bits per heavy atom. The molecule has 0 saturated carbocycles. The summed E-state index contributed by atoms with van der Waals surface area (Å²) in [5, 5.41) is 0. The van der Waals surface area contributed by atoms with Crippen LogP contribution in [-0.4, -0.2) is 32.8 Å². The lowest BCUT2D eigenvalue weighted by Gasteiger charge is -2.27. The summed E-state index contributed by atoms with van der Waals surface area (Å²) < 4.78 is 0. The molecule has 0 spiro atoms. The molecule has 2 aromatic heterocycles. The van der Waals surface area contributed by atoms with Gasteiger partial charge in [-0.2, -0.15) is 0 Å². The van der Waals surface area contributed by atoms with Crippen LogP contribution in [0.15, 0.2) is 36.8 Å². The molecular formula is C17H22N4O. The second-order valence-corrected chi connectivity index (χ2v) is 5.58. The van der Waals surface area contributed by atoms with E-state index in [1.54, 1.807) is 36.6 Å². The predicted octanol–water partition coefficient (Wildman–Crippen LogP) is 3.22. The molecule has 2 rings (SSSR count). The molecule has 116 valence electrons. The summed E-state index contributed by atoms with van der Waals surface area (Å²) in [5.74, 6) is 0.784. The Hall–Kier alpha value is -2.30. The molecule has 0 aliphatic heterocycles. The highest BCUT2D eigenvalue weighted by Gasteiger charge is 2.23. The van der Waals surface area contributed by atoms with Gasteiger partial charge in [0.2, 0.25) is 0 Å². The molecule has 0 unspecified atom stereocenters. The number of carbonyl (C=O) groups excluding carboxylic acids is 1. The van der Waals surface area contributed by atoms with Gasteiger partial charge in [-0.3, -0.25) is 9.78 Å². The zero-order valence-electron chi connectivity index (χ0n) is 13.5. The topological polar surface area (TPSA) is 59.0 Å². The molecule has 0 aliphatic rings. The molecule has 22 heavy (non-hydrogen) atoms. The molecular weight excluding hydrogens is 276 g/mol. The van der Waals surface area contributed by atoms with Gasteiger partial charge >= 0.3 is 0 Å². The zero-order chi connectivity index (χ0) is 16.1. The maximum absolute atomic E-state index is 12.7. The molecule has 5 heteroatoms. The van der Waals surface area contributed by atoms with Crippen molar-refractivity contribution in [2.24, 2.45) is 0 Å². The first-order valence-corrected chi connectivity index (χ1v) is 7.54. The Morgan fingerprint density at radius 2 is 2.05 bits per heavy atom. The average molecular weight is 298 g/mol. The Morgan fingerprint density at radius 3 is 2.64 bits per heavy atom. The normalized spacial score (nSPS) is 12.2. The molecule has 0 saturated heterocycles. The van der Waals surface area contributed by atoms with Crippen molar-refractivity contribution in [3.05, 3.63) is 53.9 Å². The number of aromatic nitrogens is 3. The summed E-state index contributed by atoms with van der Waals surface area (Å²) in [5.41, 5.74) is 1.46. The molecule has 0 fully saturated rings. The summed E-state index contributed by atoms with van der Waals surface area (Å²) >= 11 is 0. The quantitative estimate of drug-likeness (QED) is 0.850. The first kappa shape index (κ1) is 16.1. The van der Waals surface area contributed by atoms with E-state index in [1.807, 2.05) is 26.0 Å². The Balaban J connectivity index is 2.26. The van der Waals surface area contributed by atoms with Gasteiger partial charge < -0.3 is 4.90 Å². The van der Waals surface area contributed by atoms with Gasteiger partial charge in [0.15, 0.2) is 0 Å². The van der Waals surface area contributed by atoms with E-state index in [4.69, 9.17) is 0 Å². The van der Waals surface area contributed by atoms with Crippen LogP contribution in [0.2, 0.25) is 0 Å². The first-order chi connectivity index (χ1) is 10.5. The Kier molecular flexibility index (Phi) is 5.20. The number of nitrogens with zero attached hydrogens (tertiary/aromatic N) is 4. The monoisotopic (exact) mass is 298 g/mol. The van der Waals surface area contributed by atoms with Crippen LogP contribution in [0.4, 0.5) is 0 Å². The number of hydrogen-bond donors (Lipinski definition) is 0. The fraction of sp³-hybridized carbons (Fsp3) is 0.412. The number of amides is 1. The van der Waals surface area contributed by atoms with Crippen molar-refractivity contribution in [1.29, 1.82) is 0 Å². The minimum Gasteiger partial charge on any atom is -0.333 e. The van der Waals surface area contributed by atoms with Gasteiger partial charge in [0.1, 0.15) is 11.5 Å². The summed E-state index contributed by atoms with van der Waals surface area (Å²) in [6.45, 7) is 6.08. The van der Waals surface area contributed by atoms with E-state index in [0.717, 1.165) is 12.0 Å². The van der Waals surface area contributed by atoms with Crippen LogP contribution in [0.1, 0.15) is 61.0 Å². The van der Waals surface area contributed by atoms with E-state index >= 15 is 0 Å². The van der Waals surface area contributed by atoms with E-state index in [0.29, 0.717) is 11.5 Å². The number of carbonyl (C=O) groups is 1. The lowest BCUT2D eigenvalue weighted by atomic mass is 10.0. The molecule has 0 aromatic carbocycles. The largest absolute Gasteiger partial charge is 0.333 e. The van der Waals surface area contributed by atoms with Gasteiger partial charge in [-0.15, -0.1) is 0 Å². The fourth-order valence-corrected chi connectivity index (χ4v) is 2.40. The van der Waals surface area contributed by atoms with E-state index in [2.05, 4.69) is 21.9 Å². The minimum atomic E-state index is -0.0972. The lowest BCUT2D eigenvalue weighted by molar-refractivity contribution is 0.0719. The maximum atomic E-state index is 12.7. The predicted molar refractivity (Wildman–Crippen MR) is 85.5 cm³/mol. The SMILES string of the molecule is CC[C@H](c1cccnc1)N(C)C(=O)c1ccnc(C(C)C)n1. The van der Waals surface area contributed by atoms with Crippen LogP contribution in [0.5, 0.6) is 0 Å². The summed E-state index contributed by atoms with van der Waals surface area (Å²) in [6, 6.07) is 5.53. The first-order valence-electron chi connectivity index (χ1n) is 7.54. The third-order valence-electron chi connectivity index (χ3n) is 3.65. The molecule has 1 atom stereocenters. The summed E-state index contributed by atoms with van der Waals surface area (Å²) in [6.07, 6.45) is 6.00. The smallest absolute Gasteiger partial charge is 0.272 e. The second kappa shape index (κ2) is 7.11. The molecule has 2 aromatic rings. The zero-order valence-corrected chi connectivity index (χ0v) is 13.5. The standard InChI is InChI=1S/C17H22N4O/c1-5-15(13-7-6-9-18-11-13)21(4)17(22)14-8-10-19-16(20-14)12(2)3/h6-12,15H,5H2,1-4H3/t15-/m1/s1. The number of pyridine rings is 1. The molecule has 5 nitrogen and oxygen atoms in total. The highest BCUT2D eigenvalue weighted by atomic mass is 16.2. The van der Waals surface area contributed by atoms with E-state index < -0.39 is 0 Å². The van der Waals surface area contributed by atoms with Gasteiger partial charge in [0.25, 0.3) is 5.91 Å². The molecule has 0 bridgehead atoms. The van der Waals surface area contributed by atoms with Crippen LogP contribution in [-0.2, 0) is 0 Å². The maximum Gasteiger partial charge on any atom is 0.272 e. The summed E-state index contributed by atoms with van der Waals surface area (Å²) in [7, 11) is 1.81. The van der Waals surface area contributed by atoms with E-state index in [-0.39, 0.29) is 17.9 Å². The van der Waals surface area contributed by atoms with E-state index in [9.17, 15) is 4.79 Å². The van der Waals surface area contributed by atoms with Crippen molar-refractivity contribution < 1.29 is 4.79 Å². The van der Waals surface area contributed by atoms with Gasteiger partial charge in [-0.25, -0.2) is 9.97 Å². The molecule has 0 N–H and O–H groups in total. The van der Waals surface area contributed by atoms with Crippen LogP contribution in [0, 0.1) is 0 Å². The lowest BCUT2D eigenvalue weighted by Crippen LogP contribution is -2.32. The van der Waals surface area contributed by atoms with Crippen molar-refractivity contribution in [2.45, 2.75) is 39.2 Å². The Bertz CT molecular complexity index is 628. The van der Waals surface area contributed by atoms with Crippen molar-refractivity contribution >= 4 is 5.91 Å². The number of hydrogen-bond acceptors (Lipinski definition) is 4. The van der Waals surface area contributed by atoms with Crippen molar-refractivity contribution in [3.63, 3.8) is 0 Å². The average Bonchev–Trinajstić information content (AvgIpc) is 2.55. The van der Waals surface area contributed by atoms with Crippen LogP contribution < -0.4 is 0 Å². The van der Waals surface area contributed by atoms with Crippen LogP contribution >= 0.6 is 0 Å². The minimum absolute atomic E-state index is 0.0151. The van der Waals surface area contributed by atoms with Crippen LogP contribution in [0.3, 0.4) is 0 Å². The molecule has 1 amide bonds. The second-order valence-electron chi connectivity index (χ2n) is 5.58. The van der Waals surface area contributed by atoms with Crippen molar-refractivity contribution in [1.82, 2.24) is 19.9 Å².